The fraction of sp³-hybridized carbons (Fsp3) is 0.529. The number of rotatable bonds is 8. The number of carbonyl (C=O) groups excluding carboxylic acids is 1. The van der Waals surface area contributed by atoms with Crippen molar-refractivity contribution in [1.82, 2.24) is 9.62 Å². The molecule has 0 bridgehead atoms. The number of hydrogen-bond donors (Lipinski definition) is 2. The van der Waals surface area contributed by atoms with Crippen LogP contribution in [0.25, 0.3) is 0 Å². The van der Waals surface area contributed by atoms with Gasteiger partial charge in [-0.3, -0.25) is 4.79 Å². The number of hydrogen-bond acceptors (Lipinski definition) is 5. The molecule has 8 nitrogen and oxygen atoms in total. The Hall–Kier alpha value is -1.97. The van der Waals surface area contributed by atoms with E-state index >= 15 is 0 Å². The largest absolute Gasteiger partial charge is 0.480 e. The first-order valence-corrected chi connectivity index (χ1v) is 9.97. The van der Waals surface area contributed by atoms with Gasteiger partial charge >= 0.3 is 5.97 Å². The zero-order valence-electron chi connectivity index (χ0n) is 14.7. The molecule has 1 aliphatic rings. The Balaban J connectivity index is 1.93. The van der Waals surface area contributed by atoms with Gasteiger partial charge in [0.15, 0.2) is 0 Å². The number of aliphatic carboxylic acids is 1. The number of carbonyl (C=O) groups is 2. The topological polar surface area (TPSA) is 113 Å². The van der Waals surface area contributed by atoms with E-state index in [1.54, 1.807) is 19.1 Å². The Morgan fingerprint density at radius 1 is 1.23 bits per heavy atom. The maximum atomic E-state index is 12.5. The Bertz CT molecular complexity index is 726. The number of carboxylic acids is 1. The number of aryl methyl sites for hydroxylation is 1. The summed E-state index contributed by atoms with van der Waals surface area (Å²) in [4.78, 5) is 23.0. The Morgan fingerprint density at radius 2 is 1.85 bits per heavy atom. The van der Waals surface area contributed by atoms with Crippen LogP contribution in [0.1, 0.15) is 25.3 Å². The molecule has 1 aromatic rings. The van der Waals surface area contributed by atoms with Crippen molar-refractivity contribution in [3.63, 3.8) is 0 Å². The van der Waals surface area contributed by atoms with E-state index in [4.69, 9.17) is 9.84 Å². The number of benzene rings is 1. The van der Waals surface area contributed by atoms with Crippen molar-refractivity contribution in [2.24, 2.45) is 0 Å². The zero-order valence-corrected chi connectivity index (χ0v) is 15.5. The zero-order chi connectivity index (χ0) is 19.2. The number of sulfonamides is 1. The van der Waals surface area contributed by atoms with E-state index in [0.29, 0.717) is 39.1 Å². The summed E-state index contributed by atoms with van der Waals surface area (Å²) in [6.45, 7) is 3.15. The second kappa shape index (κ2) is 9.11. The minimum Gasteiger partial charge on any atom is -0.480 e. The monoisotopic (exact) mass is 384 g/mol. The summed E-state index contributed by atoms with van der Waals surface area (Å²) in [6.07, 6.45) is 0.855. The second-order valence-corrected chi connectivity index (χ2v) is 7.96. The Labute approximate surface area is 153 Å². The fourth-order valence-corrected chi connectivity index (χ4v) is 4.03. The van der Waals surface area contributed by atoms with Crippen LogP contribution in [0.3, 0.4) is 0 Å². The lowest BCUT2D eigenvalue weighted by molar-refractivity contribution is -0.141. The fourth-order valence-electron chi connectivity index (χ4n) is 2.63. The molecular formula is C17H24N2O6S. The molecule has 1 heterocycles. The van der Waals surface area contributed by atoms with Crippen LogP contribution in [0.5, 0.6) is 0 Å². The van der Waals surface area contributed by atoms with Crippen molar-refractivity contribution >= 4 is 21.9 Å². The molecule has 0 saturated carbocycles. The molecule has 144 valence electrons. The van der Waals surface area contributed by atoms with E-state index in [1.165, 1.54) is 16.4 Å². The van der Waals surface area contributed by atoms with E-state index in [0.717, 1.165) is 5.56 Å². The normalized spacial score (nSPS) is 16.8. The average Bonchev–Trinajstić information content (AvgIpc) is 2.65. The number of nitrogens with zero attached hydrogens (tertiary/aromatic N) is 1. The van der Waals surface area contributed by atoms with Crippen LogP contribution in [0.15, 0.2) is 29.2 Å². The summed E-state index contributed by atoms with van der Waals surface area (Å²) in [5.41, 5.74) is 0.810. The smallest absolute Gasteiger partial charge is 0.326 e. The van der Waals surface area contributed by atoms with Crippen molar-refractivity contribution in [2.45, 2.75) is 37.1 Å². The molecule has 1 fully saturated rings. The highest BCUT2D eigenvalue weighted by molar-refractivity contribution is 7.89. The van der Waals surface area contributed by atoms with Gasteiger partial charge in [-0.05, 0) is 30.5 Å². The maximum Gasteiger partial charge on any atom is 0.326 e. The highest BCUT2D eigenvalue weighted by Gasteiger charge is 2.26. The van der Waals surface area contributed by atoms with Gasteiger partial charge in [-0.1, -0.05) is 19.1 Å². The highest BCUT2D eigenvalue weighted by Crippen LogP contribution is 2.18. The van der Waals surface area contributed by atoms with Crippen molar-refractivity contribution in [3.05, 3.63) is 29.8 Å². The van der Waals surface area contributed by atoms with Crippen LogP contribution in [0.4, 0.5) is 0 Å². The van der Waals surface area contributed by atoms with Gasteiger partial charge < -0.3 is 15.2 Å². The molecule has 9 heteroatoms. The molecule has 0 aromatic heterocycles. The number of morpholine rings is 1. The molecule has 2 N–H and O–H groups in total. The summed E-state index contributed by atoms with van der Waals surface area (Å²) < 4.78 is 31.6. The summed E-state index contributed by atoms with van der Waals surface area (Å²) in [7, 11) is -3.53. The summed E-state index contributed by atoms with van der Waals surface area (Å²) >= 11 is 0. The van der Waals surface area contributed by atoms with Crippen LogP contribution in [-0.2, 0) is 30.8 Å². The van der Waals surface area contributed by atoms with Crippen molar-refractivity contribution < 1.29 is 27.9 Å². The van der Waals surface area contributed by atoms with Crippen LogP contribution in [0.2, 0.25) is 0 Å². The van der Waals surface area contributed by atoms with Crippen LogP contribution >= 0.6 is 0 Å². The highest BCUT2D eigenvalue weighted by atomic mass is 32.2. The van der Waals surface area contributed by atoms with Crippen molar-refractivity contribution in [2.75, 3.05) is 26.3 Å². The first-order valence-electron chi connectivity index (χ1n) is 8.53. The molecular weight excluding hydrogens is 360 g/mol. The maximum absolute atomic E-state index is 12.5. The average molecular weight is 384 g/mol. The molecule has 26 heavy (non-hydrogen) atoms. The number of amides is 1. The van der Waals surface area contributed by atoms with E-state index in [-0.39, 0.29) is 17.2 Å². The number of nitrogens with one attached hydrogen (secondary N) is 1. The summed E-state index contributed by atoms with van der Waals surface area (Å²) in [6, 6.07) is 5.53. The van der Waals surface area contributed by atoms with Gasteiger partial charge in [0.05, 0.1) is 18.1 Å². The van der Waals surface area contributed by atoms with Gasteiger partial charge in [0, 0.05) is 19.5 Å². The van der Waals surface area contributed by atoms with Crippen LogP contribution in [0, 0.1) is 0 Å². The van der Waals surface area contributed by atoms with Crippen molar-refractivity contribution in [1.29, 1.82) is 0 Å². The van der Waals surface area contributed by atoms with Gasteiger partial charge in [0.2, 0.25) is 15.9 Å². The second-order valence-electron chi connectivity index (χ2n) is 6.03. The van der Waals surface area contributed by atoms with Gasteiger partial charge in [0.1, 0.15) is 6.04 Å². The van der Waals surface area contributed by atoms with Crippen LogP contribution < -0.4 is 5.32 Å². The lowest BCUT2D eigenvalue weighted by Gasteiger charge is -2.26. The Kier molecular flexibility index (Phi) is 7.13. The third-order valence-corrected chi connectivity index (χ3v) is 6.13. The lowest BCUT2D eigenvalue weighted by atomic mass is 10.1. The molecule has 1 aromatic carbocycles. The van der Waals surface area contributed by atoms with Crippen molar-refractivity contribution in [3.8, 4) is 0 Å². The number of ether oxygens (including phenoxy) is 1. The van der Waals surface area contributed by atoms with E-state index in [1.807, 2.05) is 0 Å². The predicted octanol–water partition coefficient (Wildman–Crippen LogP) is 0.620. The first kappa shape index (κ1) is 20.3. The Morgan fingerprint density at radius 3 is 2.38 bits per heavy atom. The van der Waals surface area contributed by atoms with E-state index < -0.39 is 22.0 Å². The number of carboxylic acid groups (broad SMARTS) is 1. The van der Waals surface area contributed by atoms with E-state index in [9.17, 15) is 18.0 Å². The standard InChI is InChI=1S/C17H24N2O6S/c1-2-15(17(21)22)18-16(20)8-5-13-3-6-14(7-4-13)26(23,24)19-9-11-25-12-10-19/h3-4,6-7,15H,2,5,8-12H2,1H3,(H,18,20)(H,21,22). The molecule has 1 unspecified atom stereocenters. The third kappa shape index (κ3) is 5.26. The lowest BCUT2D eigenvalue weighted by Crippen LogP contribution is -2.40. The molecule has 0 aliphatic carbocycles. The summed E-state index contributed by atoms with van der Waals surface area (Å²) in [5, 5.41) is 11.4. The molecule has 0 radical (unpaired) electrons. The van der Waals surface area contributed by atoms with Gasteiger partial charge in [-0.15, -0.1) is 0 Å². The molecule has 1 amide bonds. The van der Waals surface area contributed by atoms with Gasteiger partial charge in [-0.25, -0.2) is 13.2 Å². The first-order chi connectivity index (χ1) is 12.3. The van der Waals surface area contributed by atoms with E-state index in [2.05, 4.69) is 5.32 Å². The molecule has 1 atom stereocenters. The molecule has 2 rings (SSSR count). The van der Waals surface area contributed by atoms with Crippen LogP contribution in [-0.4, -0.2) is 62.1 Å². The quantitative estimate of drug-likeness (QED) is 0.679. The molecule has 1 aliphatic heterocycles. The van der Waals surface area contributed by atoms with Gasteiger partial charge in [-0.2, -0.15) is 4.31 Å². The summed E-state index contributed by atoms with van der Waals surface area (Å²) in [5.74, 6) is -1.40. The van der Waals surface area contributed by atoms with Gasteiger partial charge in [0.25, 0.3) is 0 Å². The third-order valence-electron chi connectivity index (χ3n) is 4.21. The minimum absolute atomic E-state index is 0.138. The molecule has 1 saturated heterocycles. The molecule has 0 spiro atoms. The minimum atomic E-state index is -3.53. The predicted molar refractivity (Wildman–Crippen MR) is 94.2 cm³/mol. The SMILES string of the molecule is CCC(NC(=O)CCc1ccc(S(=O)(=O)N2CCOCC2)cc1)C(=O)O.